The Hall–Kier alpha value is -1.91. The van der Waals surface area contributed by atoms with Crippen LogP contribution in [0.4, 0.5) is 0 Å². The van der Waals surface area contributed by atoms with Crippen LogP contribution in [-0.2, 0) is 9.53 Å². The first-order valence-electron chi connectivity index (χ1n) is 6.33. The van der Waals surface area contributed by atoms with Crippen molar-refractivity contribution in [1.29, 1.82) is 0 Å². The van der Waals surface area contributed by atoms with Crippen LogP contribution < -0.4 is 0 Å². The van der Waals surface area contributed by atoms with Crippen LogP contribution in [0.25, 0.3) is 0 Å². The summed E-state index contributed by atoms with van der Waals surface area (Å²) >= 11 is 0. The second-order valence-electron chi connectivity index (χ2n) is 4.99. The van der Waals surface area contributed by atoms with Crippen LogP contribution in [0.3, 0.4) is 0 Å². The predicted molar refractivity (Wildman–Crippen MR) is 69.5 cm³/mol. The van der Waals surface area contributed by atoms with Crippen LogP contribution in [-0.4, -0.2) is 42.0 Å². The zero-order valence-corrected chi connectivity index (χ0v) is 11.4. The molecule has 2 atom stereocenters. The number of aromatic nitrogens is 1. The van der Waals surface area contributed by atoms with Gasteiger partial charge < -0.3 is 9.64 Å². The van der Waals surface area contributed by atoms with E-state index < -0.39 is 0 Å². The molecule has 0 saturated carbocycles. The van der Waals surface area contributed by atoms with Crippen LogP contribution in [0, 0.1) is 18.8 Å². The lowest BCUT2D eigenvalue weighted by Gasteiger charge is -2.16. The molecule has 1 aromatic rings. The molecule has 1 aromatic heterocycles. The molecule has 1 aliphatic heterocycles. The summed E-state index contributed by atoms with van der Waals surface area (Å²) < 4.78 is 4.77. The monoisotopic (exact) mass is 262 g/mol. The van der Waals surface area contributed by atoms with Crippen molar-refractivity contribution >= 4 is 11.9 Å². The van der Waals surface area contributed by atoms with Crippen molar-refractivity contribution in [3.05, 3.63) is 29.6 Å². The SMILES string of the molecule is COC(=O)C1CN(C(=O)c2ncccc2C)CC1C. The molecule has 1 amide bonds. The van der Waals surface area contributed by atoms with Gasteiger partial charge in [0.1, 0.15) is 5.69 Å². The van der Waals surface area contributed by atoms with Crippen LogP contribution >= 0.6 is 0 Å². The number of pyridine rings is 1. The lowest BCUT2D eigenvalue weighted by molar-refractivity contribution is -0.146. The number of rotatable bonds is 2. The summed E-state index contributed by atoms with van der Waals surface area (Å²) in [7, 11) is 1.38. The number of ether oxygens (including phenoxy) is 1. The number of hydrogen-bond donors (Lipinski definition) is 0. The summed E-state index contributed by atoms with van der Waals surface area (Å²) in [6.45, 7) is 4.79. The van der Waals surface area contributed by atoms with E-state index in [-0.39, 0.29) is 23.7 Å². The van der Waals surface area contributed by atoms with Gasteiger partial charge in [-0.25, -0.2) is 0 Å². The molecule has 0 spiro atoms. The molecule has 2 rings (SSSR count). The van der Waals surface area contributed by atoms with Gasteiger partial charge in [-0.05, 0) is 24.5 Å². The van der Waals surface area contributed by atoms with Crippen molar-refractivity contribution in [2.75, 3.05) is 20.2 Å². The molecule has 1 saturated heterocycles. The van der Waals surface area contributed by atoms with Crippen LogP contribution in [0.1, 0.15) is 23.0 Å². The summed E-state index contributed by atoms with van der Waals surface area (Å²) in [4.78, 5) is 29.8. The smallest absolute Gasteiger partial charge is 0.310 e. The first-order chi connectivity index (χ1) is 9.04. The number of amides is 1. The number of methoxy groups -OCH3 is 1. The maximum atomic E-state index is 12.4. The van der Waals surface area contributed by atoms with Gasteiger partial charge in [-0.3, -0.25) is 14.6 Å². The Morgan fingerprint density at radius 3 is 2.79 bits per heavy atom. The quantitative estimate of drug-likeness (QED) is 0.753. The van der Waals surface area contributed by atoms with Crippen molar-refractivity contribution in [1.82, 2.24) is 9.88 Å². The van der Waals surface area contributed by atoms with Crippen molar-refractivity contribution in [2.45, 2.75) is 13.8 Å². The lowest BCUT2D eigenvalue weighted by atomic mass is 9.99. The highest BCUT2D eigenvalue weighted by molar-refractivity contribution is 5.94. The fraction of sp³-hybridized carbons (Fsp3) is 0.500. The van der Waals surface area contributed by atoms with Crippen molar-refractivity contribution in [2.24, 2.45) is 11.8 Å². The van der Waals surface area contributed by atoms with Crippen LogP contribution in [0.5, 0.6) is 0 Å². The highest BCUT2D eigenvalue weighted by atomic mass is 16.5. The zero-order chi connectivity index (χ0) is 14.0. The Labute approximate surface area is 112 Å². The zero-order valence-electron chi connectivity index (χ0n) is 11.4. The lowest BCUT2D eigenvalue weighted by Crippen LogP contribution is -2.31. The number of hydrogen-bond acceptors (Lipinski definition) is 4. The number of aryl methyl sites for hydroxylation is 1. The van der Waals surface area contributed by atoms with Gasteiger partial charge in [-0.2, -0.15) is 0 Å². The minimum Gasteiger partial charge on any atom is -0.469 e. The summed E-state index contributed by atoms with van der Waals surface area (Å²) in [5.74, 6) is -0.490. The molecule has 1 fully saturated rings. The molecule has 0 aromatic carbocycles. The van der Waals surface area contributed by atoms with Crippen LogP contribution in [0.2, 0.25) is 0 Å². The average Bonchev–Trinajstić information content (AvgIpc) is 2.80. The molecule has 19 heavy (non-hydrogen) atoms. The first kappa shape index (κ1) is 13.5. The van der Waals surface area contributed by atoms with E-state index in [1.165, 1.54) is 7.11 Å². The van der Waals surface area contributed by atoms with Gasteiger partial charge in [0.25, 0.3) is 5.91 Å². The number of nitrogens with zero attached hydrogens (tertiary/aromatic N) is 2. The predicted octanol–water partition coefficient (Wildman–Crippen LogP) is 1.27. The Morgan fingerprint density at radius 1 is 1.42 bits per heavy atom. The normalized spacial score (nSPS) is 22.4. The molecular formula is C14H18N2O3. The average molecular weight is 262 g/mol. The van der Waals surface area contributed by atoms with Gasteiger partial charge in [0.15, 0.2) is 0 Å². The fourth-order valence-electron chi connectivity index (χ4n) is 2.45. The third kappa shape index (κ3) is 2.59. The van der Waals surface area contributed by atoms with E-state index in [0.717, 1.165) is 5.56 Å². The Morgan fingerprint density at radius 2 is 2.16 bits per heavy atom. The molecule has 5 nitrogen and oxygen atoms in total. The third-order valence-electron chi connectivity index (χ3n) is 3.62. The molecule has 102 valence electrons. The Bertz CT molecular complexity index is 501. The first-order valence-corrected chi connectivity index (χ1v) is 6.33. The summed E-state index contributed by atoms with van der Waals surface area (Å²) in [5, 5.41) is 0. The molecule has 0 radical (unpaired) electrons. The van der Waals surface area contributed by atoms with E-state index in [0.29, 0.717) is 18.8 Å². The van der Waals surface area contributed by atoms with E-state index >= 15 is 0 Å². The standard InChI is InChI=1S/C14H18N2O3/c1-9-5-4-6-15-12(9)13(17)16-7-10(2)11(8-16)14(18)19-3/h4-6,10-11H,7-8H2,1-3H3. The van der Waals surface area contributed by atoms with E-state index in [1.54, 1.807) is 17.2 Å². The number of esters is 1. The highest BCUT2D eigenvalue weighted by Crippen LogP contribution is 2.25. The molecule has 2 heterocycles. The number of carbonyl (C=O) groups is 2. The van der Waals surface area contributed by atoms with E-state index in [4.69, 9.17) is 4.74 Å². The van der Waals surface area contributed by atoms with Gasteiger partial charge >= 0.3 is 5.97 Å². The van der Waals surface area contributed by atoms with Crippen molar-refractivity contribution < 1.29 is 14.3 Å². The Kier molecular flexibility index (Phi) is 3.83. The summed E-state index contributed by atoms with van der Waals surface area (Å²) in [6.07, 6.45) is 1.61. The molecule has 2 unspecified atom stereocenters. The molecule has 0 N–H and O–H groups in total. The van der Waals surface area contributed by atoms with Crippen LogP contribution in [0.15, 0.2) is 18.3 Å². The number of likely N-dealkylation sites (tertiary alicyclic amines) is 1. The fourth-order valence-corrected chi connectivity index (χ4v) is 2.45. The van der Waals surface area contributed by atoms with Gasteiger partial charge in [0.05, 0.1) is 13.0 Å². The largest absolute Gasteiger partial charge is 0.469 e. The van der Waals surface area contributed by atoms with Gasteiger partial charge in [0, 0.05) is 19.3 Å². The maximum absolute atomic E-state index is 12.4. The topological polar surface area (TPSA) is 59.5 Å². The minimum atomic E-state index is -0.249. The molecule has 0 bridgehead atoms. The second-order valence-corrected chi connectivity index (χ2v) is 4.99. The molecule has 0 aliphatic carbocycles. The molecule has 5 heteroatoms. The van der Waals surface area contributed by atoms with E-state index in [9.17, 15) is 9.59 Å². The van der Waals surface area contributed by atoms with Crippen molar-refractivity contribution in [3.8, 4) is 0 Å². The van der Waals surface area contributed by atoms with Gasteiger partial charge in [-0.15, -0.1) is 0 Å². The summed E-state index contributed by atoms with van der Waals surface area (Å²) in [6, 6.07) is 3.66. The number of carbonyl (C=O) groups excluding carboxylic acids is 2. The van der Waals surface area contributed by atoms with E-state index in [1.807, 2.05) is 19.9 Å². The summed E-state index contributed by atoms with van der Waals surface area (Å²) in [5.41, 5.74) is 1.31. The van der Waals surface area contributed by atoms with E-state index in [2.05, 4.69) is 4.98 Å². The van der Waals surface area contributed by atoms with Gasteiger partial charge in [-0.1, -0.05) is 13.0 Å². The maximum Gasteiger partial charge on any atom is 0.310 e. The van der Waals surface area contributed by atoms with Gasteiger partial charge in [0.2, 0.25) is 0 Å². The molecular weight excluding hydrogens is 244 g/mol. The third-order valence-corrected chi connectivity index (χ3v) is 3.62. The minimum absolute atomic E-state index is 0.111. The van der Waals surface area contributed by atoms with Crippen molar-refractivity contribution in [3.63, 3.8) is 0 Å². The Balaban J connectivity index is 2.15. The second kappa shape index (κ2) is 5.38. The highest BCUT2D eigenvalue weighted by Gasteiger charge is 2.38. The molecule has 1 aliphatic rings.